The Bertz CT molecular complexity index is 1120. The highest BCUT2D eigenvalue weighted by atomic mass is 16.2. The topological polar surface area (TPSA) is 73.8 Å². The van der Waals surface area contributed by atoms with Crippen molar-refractivity contribution in [2.24, 2.45) is 7.05 Å². The average molecular weight is 321 g/mol. The van der Waals surface area contributed by atoms with E-state index in [1.807, 2.05) is 48.5 Å². The number of aromatic nitrogens is 4. The normalized spacial score (nSPS) is 11.2. The Balaban J connectivity index is 1.65. The maximum atomic E-state index is 12.4. The summed E-state index contributed by atoms with van der Waals surface area (Å²) in [5.41, 5.74) is 5.66. The Labute approximate surface area is 136 Å². The van der Waals surface area contributed by atoms with Gasteiger partial charge in [-0.3, -0.25) is 19.4 Å². The van der Waals surface area contributed by atoms with Gasteiger partial charge in [-0.1, -0.05) is 24.3 Å². The maximum Gasteiger partial charge on any atom is 0.329 e. The summed E-state index contributed by atoms with van der Waals surface area (Å²) in [5.74, 6) is -0.295. The third kappa shape index (κ3) is 2.18. The minimum atomic E-state index is -0.295. The average Bonchev–Trinajstić information content (AvgIpc) is 3.11. The van der Waals surface area contributed by atoms with Crippen molar-refractivity contribution in [2.75, 3.05) is 5.43 Å². The lowest BCUT2D eigenvalue weighted by Crippen LogP contribution is -2.31. The van der Waals surface area contributed by atoms with E-state index in [1.165, 1.54) is 9.13 Å². The molecule has 0 bridgehead atoms. The SMILES string of the molecule is Cn1c(=O)n(CC(=O)Nn2cnc3ccccc32)c2ccccc21. The molecule has 0 radical (unpaired) electrons. The van der Waals surface area contributed by atoms with Crippen LogP contribution in [0.1, 0.15) is 0 Å². The minimum absolute atomic E-state index is 0.0628. The fourth-order valence-corrected chi connectivity index (χ4v) is 2.88. The summed E-state index contributed by atoms with van der Waals surface area (Å²) in [6.07, 6.45) is 1.55. The first-order valence-corrected chi connectivity index (χ1v) is 7.51. The fourth-order valence-electron chi connectivity index (χ4n) is 2.88. The molecular formula is C17H15N5O2. The quantitative estimate of drug-likeness (QED) is 0.621. The Morgan fingerprint density at radius 1 is 1.04 bits per heavy atom. The molecule has 1 N–H and O–H groups in total. The number of imidazole rings is 2. The number of nitrogens with one attached hydrogen (secondary N) is 1. The van der Waals surface area contributed by atoms with E-state index in [9.17, 15) is 9.59 Å². The molecule has 7 heteroatoms. The van der Waals surface area contributed by atoms with Crippen LogP contribution in [0.3, 0.4) is 0 Å². The second kappa shape index (κ2) is 5.38. The number of amides is 1. The van der Waals surface area contributed by atoms with Crippen molar-refractivity contribution in [2.45, 2.75) is 6.54 Å². The molecule has 0 spiro atoms. The molecule has 0 aliphatic carbocycles. The predicted molar refractivity (Wildman–Crippen MR) is 91.3 cm³/mol. The van der Waals surface area contributed by atoms with Crippen molar-refractivity contribution in [1.29, 1.82) is 0 Å². The van der Waals surface area contributed by atoms with Crippen molar-refractivity contribution < 1.29 is 4.79 Å². The van der Waals surface area contributed by atoms with Gasteiger partial charge < -0.3 is 0 Å². The van der Waals surface area contributed by atoms with Gasteiger partial charge in [0.1, 0.15) is 12.9 Å². The molecule has 4 aromatic rings. The van der Waals surface area contributed by atoms with E-state index in [0.717, 1.165) is 22.1 Å². The number of nitrogens with zero attached hydrogens (tertiary/aromatic N) is 4. The molecule has 2 aromatic heterocycles. The zero-order valence-corrected chi connectivity index (χ0v) is 13.0. The van der Waals surface area contributed by atoms with E-state index in [1.54, 1.807) is 18.1 Å². The second-order valence-electron chi connectivity index (χ2n) is 5.55. The molecule has 24 heavy (non-hydrogen) atoms. The number of aryl methyl sites for hydroxylation is 1. The monoisotopic (exact) mass is 321 g/mol. The summed E-state index contributed by atoms with van der Waals surface area (Å²) in [6.45, 7) is -0.0628. The highest BCUT2D eigenvalue weighted by molar-refractivity contribution is 5.87. The van der Waals surface area contributed by atoms with E-state index in [4.69, 9.17) is 0 Å². The second-order valence-corrected chi connectivity index (χ2v) is 5.55. The lowest BCUT2D eigenvalue weighted by atomic mass is 10.3. The maximum absolute atomic E-state index is 12.4. The van der Waals surface area contributed by atoms with Crippen LogP contribution in [0.4, 0.5) is 0 Å². The molecule has 0 saturated heterocycles. The molecule has 1 amide bonds. The Hall–Kier alpha value is -3.35. The zero-order valence-electron chi connectivity index (χ0n) is 13.0. The van der Waals surface area contributed by atoms with Crippen molar-refractivity contribution in [3.63, 3.8) is 0 Å². The first kappa shape index (κ1) is 14.3. The van der Waals surface area contributed by atoms with Gasteiger partial charge in [-0.25, -0.2) is 14.5 Å². The summed E-state index contributed by atoms with van der Waals surface area (Å²) in [7, 11) is 1.70. The zero-order chi connectivity index (χ0) is 16.7. The standard InChI is InChI=1S/C17H15N5O2/c1-20-14-8-4-5-9-15(14)21(17(20)24)10-16(23)19-22-11-18-12-6-2-3-7-13(12)22/h2-9,11H,10H2,1H3,(H,19,23). The summed E-state index contributed by atoms with van der Waals surface area (Å²) in [5, 5.41) is 0. The molecule has 2 aromatic carbocycles. The van der Waals surface area contributed by atoms with Crippen molar-refractivity contribution in [3.05, 3.63) is 65.3 Å². The van der Waals surface area contributed by atoms with Gasteiger partial charge in [0.25, 0.3) is 5.91 Å². The summed E-state index contributed by atoms with van der Waals surface area (Å²) in [4.78, 5) is 29.0. The van der Waals surface area contributed by atoms with Gasteiger partial charge in [0, 0.05) is 7.05 Å². The smallest absolute Gasteiger partial charge is 0.295 e. The van der Waals surface area contributed by atoms with Crippen LogP contribution in [-0.2, 0) is 18.4 Å². The molecule has 7 nitrogen and oxygen atoms in total. The fraction of sp³-hybridized carbons (Fsp3) is 0.118. The van der Waals surface area contributed by atoms with E-state index >= 15 is 0 Å². The molecule has 0 unspecified atom stereocenters. The van der Waals surface area contributed by atoms with E-state index < -0.39 is 0 Å². The first-order chi connectivity index (χ1) is 11.6. The molecule has 0 saturated carbocycles. The summed E-state index contributed by atoms with van der Waals surface area (Å²) < 4.78 is 4.56. The number of hydrogen-bond donors (Lipinski definition) is 1. The van der Waals surface area contributed by atoms with E-state index in [2.05, 4.69) is 10.4 Å². The molecule has 2 heterocycles. The van der Waals surface area contributed by atoms with Gasteiger partial charge in [-0.15, -0.1) is 0 Å². The highest BCUT2D eigenvalue weighted by Crippen LogP contribution is 2.12. The minimum Gasteiger partial charge on any atom is -0.295 e. The number of fused-ring (bicyclic) bond motifs is 2. The third-order valence-corrected chi connectivity index (χ3v) is 4.05. The van der Waals surface area contributed by atoms with Crippen molar-refractivity contribution >= 4 is 28.0 Å². The Morgan fingerprint density at radius 2 is 1.71 bits per heavy atom. The highest BCUT2D eigenvalue weighted by Gasteiger charge is 2.14. The number of para-hydroxylation sites is 4. The van der Waals surface area contributed by atoms with Gasteiger partial charge >= 0.3 is 5.69 Å². The van der Waals surface area contributed by atoms with Crippen LogP contribution >= 0.6 is 0 Å². The molecule has 0 aliphatic rings. The van der Waals surface area contributed by atoms with Crippen molar-refractivity contribution in [3.8, 4) is 0 Å². The number of rotatable bonds is 3. The Kier molecular flexibility index (Phi) is 3.19. The lowest BCUT2D eigenvalue weighted by molar-refractivity contribution is -0.117. The lowest BCUT2D eigenvalue weighted by Gasteiger charge is -2.07. The van der Waals surface area contributed by atoms with E-state index in [-0.39, 0.29) is 18.1 Å². The van der Waals surface area contributed by atoms with Crippen LogP contribution in [0.25, 0.3) is 22.1 Å². The molecule has 0 atom stereocenters. The van der Waals surface area contributed by atoms with Gasteiger partial charge in [0.2, 0.25) is 0 Å². The van der Waals surface area contributed by atoms with Gasteiger partial charge in [0.05, 0.1) is 22.1 Å². The van der Waals surface area contributed by atoms with Crippen LogP contribution in [-0.4, -0.2) is 24.7 Å². The van der Waals surface area contributed by atoms with Crippen LogP contribution < -0.4 is 11.1 Å². The van der Waals surface area contributed by atoms with Gasteiger partial charge in [-0.2, -0.15) is 0 Å². The van der Waals surface area contributed by atoms with Crippen LogP contribution in [0.2, 0.25) is 0 Å². The molecule has 120 valence electrons. The number of carbonyl (C=O) groups excluding carboxylic acids is 1. The van der Waals surface area contributed by atoms with Crippen molar-refractivity contribution in [1.82, 2.24) is 18.8 Å². The summed E-state index contributed by atoms with van der Waals surface area (Å²) in [6, 6.07) is 14.9. The van der Waals surface area contributed by atoms with Crippen LogP contribution in [0, 0.1) is 0 Å². The first-order valence-electron chi connectivity index (χ1n) is 7.51. The van der Waals surface area contributed by atoms with Crippen LogP contribution in [0.15, 0.2) is 59.7 Å². The van der Waals surface area contributed by atoms with Crippen LogP contribution in [0.5, 0.6) is 0 Å². The number of carbonyl (C=O) groups is 1. The molecule has 4 rings (SSSR count). The molecule has 0 fully saturated rings. The Morgan fingerprint density at radius 3 is 2.50 bits per heavy atom. The predicted octanol–water partition coefficient (Wildman–Crippen LogP) is 1.46. The molecular weight excluding hydrogens is 306 g/mol. The van der Waals surface area contributed by atoms with E-state index in [0.29, 0.717) is 0 Å². The van der Waals surface area contributed by atoms with Gasteiger partial charge in [-0.05, 0) is 24.3 Å². The summed E-state index contributed by atoms with van der Waals surface area (Å²) >= 11 is 0. The number of benzene rings is 2. The third-order valence-electron chi connectivity index (χ3n) is 4.05. The van der Waals surface area contributed by atoms with Gasteiger partial charge in [0.15, 0.2) is 0 Å². The molecule has 0 aliphatic heterocycles. The number of hydrogen-bond acceptors (Lipinski definition) is 3. The largest absolute Gasteiger partial charge is 0.329 e.